The van der Waals surface area contributed by atoms with Gasteiger partial charge in [0.2, 0.25) is 5.60 Å². The summed E-state index contributed by atoms with van der Waals surface area (Å²) >= 11 is 4.60. The third-order valence-corrected chi connectivity index (χ3v) is 11.3. The Hall–Kier alpha value is -1.75. The minimum absolute atomic E-state index is 0. The van der Waals surface area contributed by atoms with Crippen molar-refractivity contribution in [2.75, 3.05) is 13.7 Å². The lowest BCUT2D eigenvalue weighted by molar-refractivity contribution is -0.961. The lowest BCUT2D eigenvalue weighted by Crippen LogP contribution is -3.00. The highest BCUT2D eigenvalue weighted by atomic mass is 35.5. The van der Waals surface area contributed by atoms with Crippen LogP contribution in [0.15, 0.2) is 47.2 Å². The molecule has 39 heavy (non-hydrogen) atoms. The maximum atomic E-state index is 13.5. The van der Waals surface area contributed by atoms with Gasteiger partial charge in [0.1, 0.15) is 12.6 Å². The molecule has 0 saturated carbocycles. The zero-order valence-electron chi connectivity index (χ0n) is 22.3. The molecule has 2 aliphatic heterocycles. The molecule has 2 aliphatic rings. The first kappa shape index (κ1) is 30.2. The number of carbonyl (C=O) groups excluding carboxylic acids is 2. The van der Waals surface area contributed by atoms with Gasteiger partial charge >= 0.3 is 11.9 Å². The maximum absolute atomic E-state index is 13.5. The summed E-state index contributed by atoms with van der Waals surface area (Å²) in [6.07, 6.45) is 5.90. The number of rotatable bonds is 11. The van der Waals surface area contributed by atoms with Crippen LogP contribution in [0.4, 0.5) is 0 Å². The van der Waals surface area contributed by atoms with E-state index in [1.54, 1.807) is 12.1 Å². The van der Waals surface area contributed by atoms with Crippen molar-refractivity contribution < 1.29 is 41.1 Å². The summed E-state index contributed by atoms with van der Waals surface area (Å²) in [5.41, 5.74) is -1.75. The summed E-state index contributed by atoms with van der Waals surface area (Å²) in [7, 11) is 2.36. The van der Waals surface area contributed by atoms with Crippen molar-refractivity contribution in [1.82, 2.24) is 0 Å². The molecule has 5 rings (SSSR count). The number of piperidine rings is 1. The fourth-order valence-corrected chi connectivity index (χ4v) is 9.11. The molecular weight excluding hydrogens is 574 g/mol. The highest BCUT2D eigenvalue weighted by Gasteiger charge is 2.54. The van der Waals surface area contributed by atoms with E-state index in [-0.39, 0.29) is 24.5 Å². The predicted octanol–water partition coefficient (Wildman–Crippen LogP) is 2.88. The summed E-state index contributed by atoms with van der Waals surface area (Å²) in [5.74, 6) is -0.680. The minimum atomic E-state index is -1.75. The van der Waals surface area contributed by atoms with E-state index in [2.05, 4.69) is 19.2 Å². The Bertz CT molecular complexity index is 1180. The predicted molar refractivity (Wildman–Crippen MR) is 151 cm³/mol. The molecule has 1 unspecified atom stereocenters. The molecule has 4 atom stereocenters. The molecule has 10 heteroatoms. The van der Waals surface area contributed by atoms with Gasteiger partial charge in [0, 0.05) is 37.0 Å². The van der Waals surface area contributed by atoms with Gasteiger partial charge in [-0.2, -0.15) is 0 Å². The SMILES string of the molecule is CCOC(=O)CCCc1ccc(C[N+]2(C)[C@@H]3CC[C@H]2C[C@H](OC(=O)C(O)(c2cccs2)c2cccs2)C3)s1.[Cl-]. The Labute approximate surface area is 248 Å². The lowest BCUT2D eigenvalue weighted by Gasteiger charge is -2.46. The first-order valence-electron chi connectivity index (χ1n) is 13.4. The number of fused-ring (bicyclic) bond motifs is 2. The van der Waals surface area contributed by atoms with Crippen LogP contribution in [-0.4, -0.2) is 53.4 Å². The third-order valence-electron chi connectivity index (χ3n) is 8.22. The van der Waals surface area contributed by atoms with Gasteiger partial charge in [-0.1, -0.05) is 12.1 Å². The van der Waals surface area contributed by atoms with Gasteiger partial charge in [0.25, 0.3) is 0 Å². The van der Waals surface area contributed by atoms with Crippen LogP contribution in [0.3, 0.4) is 0 Å². The monoisotopic (exact) mass is 609 g/mol. The number of ether oxygens (including phenoxy) is 2. The van der Waals surface area contributed by atoms with Crippen molar-refractivity contribution in [2.45, 2.75) is 82.2 Å². The van der Waals surface area contributed by atoms with E-state index in [0.717, 1.165) is 49.6 Å². The number of hydrogen-bond acceptors (Lipinski definition) is 8. The van der Waals surface area contributed by atoms with Crippen LogP contribution in [-0.2, 0) is 37.6 Å². The fraction of sp³-hybridized carbons (Fsp3) is 0.517. The average Bonchev–Trinajstić information content (AvgIpc) is 3.69. The summed E-state index contributed by atoms with van der Waals surface area (Å²) in [6, 6.07) is 12.6. The second kappa shape index (κ2) is 12.8. The summed E-state index contributed by atoms with van der Waals surface area (Å²) in [6.45, 7) is 3.25. The van der Waals surface area contributed by atoms with Crippen molar-refractivity contribution in [3.05, 3.63) is 66.7 Å². The molecule has 0 aromatic carbocycles. The second-order valence-electron chi connectivity index (χ2n) is 10.6. The summed E-state index contributed by atoms with van der Waals surface area (Å²) in [4.78, 5) is 29.0. The van der Waals surface area contributed by atoms with Crippen molar-refractivity contribution in [3.8, 4) is 0 Å². The van der Waals surface area contributed by atoms with Gasteiger partial charge < -0.3 is 31.5 Å². The Morgan fingerprint density at radius 2 is 1.64 bits per heavy atom. The van der Waals surface area contributed by atoms with Crippen LogP contribution in [0.5, 0.6) is 0 Å². The van der Waals surface area contributed by atoms with Gasteiger partial charge in [-0.25, -0.2) is 4.79 Å². The van der Waals surface area contributed by atoms with Crippen LogP contribution >= 0.6 is 34.0 Å². The van der Waals surface area contributed by atoms with E-state index in [0.29, 0.717) is 34.9 Å². The first-order valence-corrected chi connectivity index (χ1v) is 16.0. The molecule has 0 aliphatic carbocycles. The van der Waals surface area contributed by atoms with Crippen molar-refractivity contribution in [1.29, 1.82) is 0 Å². The Morgan fingerprint density at radius 1 is 1.03 bits per heavy atom. The number of thiophene rings is 3. The number of aryl methyl sites for hydroxylation is 1. The molecule has 0 amide bonds. The number of carbonyl (C=O) groups is 2. The number of hydrogen-bond donors (Lipinski definition) is 1. The van der Waals surface area contributed by atoms with Crippen molar-refractivity contribution in [3.63, 3.8) is 0 Å². The Morgan fingerprint density at radius 3 is 2.21 bits per heavy atom. The van der Waals surface area contributed by atoms with Crippen LogP contribution in [0.2, 0.25) is 0 Å². The van der Waals surface area contributed by atoms with E-state index in [1.165, 1.54) is 32.4 Å². The number of halogens is 1. The molecule has 5 heterocycles. The molecule has 6 nitrogen and oxygen atoms in total. The van der Waals surface area contributed by atoms with Gasteiger partial charge in [-0.3, -0.25) is 4.79 Å². The minimum Gasteiger partial charge on any atom is -1.00 e. The second-order valence-corrected chi connectivity index (χ2v) is 13.7. The van der Waals surface area contributed by atoms with Crippen LogP contribution in [0, 0.1) is 0 Å². The van der Waals surface area contributed by atoms with E-state index in [4.69, 9.17) is 9.47 Å². The fourth-order valence-electron chi connectivity index (χ4n) is 6.19. The quantitative estimate of drug-likeness (QED) is 0.267. The van der Waals surface area contributed by atoms with Gasteiger partial charge in [0.05, 0.1) is 40.4 Å². The number of aliphatic hydroxyl groups is 1. The van der Waals surface area contributed by atoms with Crippen molar-refractivity contribution in [2.24, 2.45) is 0 Å². The highest BCUT2D eigenvalue weighted by molar-refractivity contribution is 7.12. The van der Waals surface area contributed by atoms with Crippen LogP contribution in [0.1, 0.15) is 65.0 Å². The summed E-state index contributed by atoms with van der Waals surface area (Å²) in [5, 5.41) is 15.4. The molecule has 0 radical (unpaired) electrons. The van der Waals surface area contributed by atoms with E-state index < -0.39 is 11.6 Å². The smallest absolute Gasteiger partial charge is 0.349 e. The van der Waals surface area contributed by atoms with E-state index >= 15 is 0 Å². The Kier molecular flexibility index (Phi) is 9.94. The molecule has 2 fully saturated rings. The standard InChI is InChI=1S/C29H36NO5S3.ClH/c1-3-34-27(31)10-4-7-23-13-14-24(38-23)19-30(2)20-11-12-21(30)18-22(17-20)35-28(32)29(33,25-8-5-15-36-25)26-9-6-16-37-26;/h5-6,8-9,13-16,20-22,33H,3-4,7,10-12,17-19H2,1-2H3;1H/q+1;/p-1/t20-,21+,22-,30?;. The largest absolute Gasteiger partial charge is 1.00 e. The van der Waals surface area contributed by atoms with Gasteiger partial charge in [0.15, 0.2) is 0 Å². The molecule has 1 N–H and O–H groups in total. The topological polar surface area (TPSA) is 72.8 Å². The first-order chi connectivity index (χ1) is 18.3. The molecule has 3 aromatic rings. The van der Waals surface area contributed by atoms with Crippen LogP contribution in [0.25, 0.3) is 0 Å². The third kappa shape index (κ3) is 6.29. The highest BCUT2D eigenvalue weighted by Crippen LogP contribution is 2.45. The molecule has 2 saturated heterocycles. The van der Waals surface area contributed by atoms with E-state index in [1.807, 2.05) is 41.2 Å². The van der Waals surface area contributed by atoms with Crippen LogP contribution < -0.4 is 12.4 Å². The number of nitrogens with zero attached hydrogens (tertiary/aromatic N) is 1. The van der Waals surface area contributed by atoms with E-state index in [9.17, 15) is 14.7 Å². The summed E-state index contributed by atoms with van der Waals surface area (Å²) < 4.78 is 12.1. The molecular formula is C29H36ClNO5S3. The zero-order chi connectivity index (χ0) is 26.8. The maximum Gasteiger partial charge on any atom is 0.349 e. The number of esters is 2. The molecule has 3 aromatic heterocycles. The normalized spacial score (nSPS) is 24.2. The average molecular weight is 610 g/mol. The molecule has 0 spiro atoms. The lowest BCUT2D eigenvalue weighted by atomic mass is 9.95. The van der Waals surface area contributed by atoms with Gasteiger partial charge in [-0.15, -0.1) is 34.0 Å². The zero-order valence-corrected chi connectivity index (χ0v) is 25.6. The van der Waals surface area contributed by atoms with Crippen molar-refractivity contribution >= 4 is 45.9 Å². The van der Waals surface area contributed by atoms with Gasteiger partial charge in [-0.05, 0) is 54.8 Å². The molecule has 212 valence electrons. The molecule has 2 bridgehead atoms. The Balaban J connectivity index is 0.00000353. The number of quaternary nitrogens is 1.